The number of anilines is 1. The number of hydrogen-bond acceptors (Lipinski definition) is 4. The molecule has 1 saturated carbocycles. The number of halogens is 3. The van der Waals surface area contributed by atoms with Gasteiger partial charge in [0.05, 0.1) is 6.20 Å². The summed E-state index contributed by atoms with van der Waals surface area (Å²) >= 11 is 0. The summed E-state index contributed by atoms with van der Waals surface area (Å²) in [7, 11) is 0. The van der Waals surface area contributed by atoms with Gasteiger partial charge in [-0.1, -0.05) is 6.92 Å². The van der Waals surface area contributed by atoms with E-state index >= 15 is 0 Å². The van der Waals surface area contributed by atoms with E-state index in [9.17, 15) is 18.0 Å². The van der Waals surface area contributed by atoms with Crippen molar-refractivity contribution in [3.8, 4) is 11.3 Å². The number of H-pyrrole nitrogens is 1. The Balaban J connectivity index is 1.32. The number of urea groups is 1. The van der Waals surface area contributed by atoms with Crippen LogP contribution in [0.2, 0.25) is 0 Å². The van der Waals surface area contributed by atoms with Gasteiger partial charge in [0.25, 0.3) is 0 Å². The van der Waals surface area contributed by atoms with Crippen LogP contribution in [0.15, 0.2) is 24.5 Å². The summed E-state index contributed by atoms with van der Waals surface area (Å²) in [5.41, 5.74) is 0.595. The van der Waals surface area contributed by atoms with E-state index in [1.807, 2.05) is 4.90 Å². The molecular formula is C24H27F3N6O. The van der Waals surface area contributed by atoms with Crippen LogP contribution in [0.4, 0.5) is 23.8 Å². The van der Waals surface area contributed by atoms with E-state index in [0.717, 1.165) is 51.0 Å². The second-order valence-corrected chi connectivity index (χ2v) is 9.40. The predicted octanol–water partition coefficient (Wildman–Crippen LogP) is 4.82. The number of nitrogens with zero attached hydrogens (tertiary/aromatic N) is 3. The van der Waals surface area contributed by atoms with Gasteiger partial charge in [-0.15, -0.1) is 0 Å². The van der Waals surface area contributed by atoms with E-state index in [4.69, 9.17) is 0 Å². The van der Waals surface area contributed by atoms with Crippen LogP contribution < -0.4 is 10.6 Å². The summed E-state index contributed by atoms with van der Waals surface area (Å²) in [6.07, 6.45) is 6.67. The Hall–Kier alpha value is -3.30. The molecule has 1 unspecified atom stereocenters. The molecule has 4 heterocycles. The molecule has 3 atom stereocenters. The number of nitrogens with one attached hydrogen (secondary N) is 3. The van der Waals surface area contributed by atoms with Crippen LogP contribution in [0, 0.1) is 23.4 Å². The van der Waals surface area contributed by atoms with Gasteiger partial charge >= 0.3 is 6.03 Å². The van der Waals surface area contributed by atoms with E-state index in [0.29, 0.717) is 28.9 Å². The molecule has 3 aromatic rings. The Bertz CT molecular complexity index is 1210. The van der Waals surface area contributed by atoms with Crippen LogP contribution in [-0.2, 0) is 0 Å². The Labute approximate surface area is 195 Å². The normalized spacial score (nSPS) is 22.8. The van der Waals surface area contributed by atoms with Crippen molar-refractivity contribution in [1.29, 1.82) is 0 Å². The SMILES string of the molecule is CC1CCN(C(=O)N[C@@H]2CCC[C@H](Nc3nc(-c4c[nH]c5ncc(F)cc45)c(F)cc3F)C2)C1. The smallest absolute Gasteiger partial charge is 0.317 e. The number of amides is 2. The maximum absolute atomic E-state index is 14.7. The molecular weight excluding hydrogens is 445 g/mol. The molecule has 7 nitrogen and oxygen atoms in total. The van der Waals surface area contributed by atoms with Crippen molar-refractivity contribution < 1.29 is 18.0 Å². The Morgan fingerprint density at radius 3 is 2.76 bits per heavy atom. The molecule has 1 saturated heterocycles. The number of rotatable bonds is 4. The minimum atomic E-state index is -0.846. The fourth-order valence-corrected chi connectivity index (χ4v) is 4.96. The minimum absolute atomic E-state index is 0.0275. The molecule has 0 spiro atoms. The molecule has 0 bridgehead atoms. The lowest BCUT2D eigenvalue weighted by Crippen LogP contribution is -2.47. The highest BCUT2D eigenvalue weighted by Gasteiger charge is 2.29. The number of pyridine rings is 2. The predicted molar refractivity (Wildman–Crippen MR) is 123 cm³/mol. The first-order chi connectivity index (χ1) is 16.4. The number of aromatic amines is 1. The van der Waals surface area contributed by atoms with Crippen LogP contribution in [0.5, 0.6) is 0 Å². The van der Waals surface area contributed by atoms with E-state index in [1.165, 1.54) is 12.3 Å². The second-order valence-electron chi connectivity index (χ2n) is 9.40. The summed E-state index contributed by atoms with van der Waals surface area (Å²) in [6.45, 7) is 3.67. The van der Waals surface area contributed by atoms with Crippen molar-refractivity contribution >= 4 is 22.9 Å². The lowest BCUT2D eigenvalue weighted by molar-refractivity contribution is 0.198. The van der Waals surface area contributed by atoms with Crippen molar-refractivity contribution in [2.24, 2.45) is 5.92 Å². The molecule has 1 aliphatic carbocycles. The lowest BCUT2D eigenvalue weighted by Gasteiger charge is -2.32. The second kappa shape index (κ2) is 9.15. The van der Waals surface area contributed by atoms with Gasteiger partial charge in [-0.3, -0.25) is 0 Å². The van der Waals surface area contributed by atoms with E-state index in [1.54, 1.807) is 0 Å². The summed E-state index contributed by atoms with van der Waals surface area (Å²) in [4.78, 5) is 25.4. The highest BCUT2D eigenvalue weighted by atomic mass is 19.1. The summed E-state index contributed by atoms with van der Waals surface area (Å²) < 4.78 is 43.0. The molecule has 180 valence electrons. The molecule has 2 aliphatic rings. The number of carbonyl (C=O) groups excluding carboxylic acids is 1. The zero-order chi connectivity index (χ0) is 23.8. The minimum Gasteiger partial charge on any atom is -0.365 e. The monoisotopic (exact) mass is 472 g/mol. The van der Waals surface area contributed by atoms with Crippen LogP contribution >= 0.6 is 0 Å². The van der Waals surface area contributed by atoms with Crippen molar-refractivity contribution in [3.05, 3.63) is 42.0 Å². The molecule has 10 heteroatoms. The average Bonchev–Trinajstić information content (AvgIpc) is 3.42. The fraction of sp³-hybridized carbons (Fsp3) is 0.458. The van der Waals surface area contributed by atoms with Gasteiger partial charge < -0.3 is 20.5 Å². The Morgan fingerprint density at radius 1 is 1.15 bits per heavy atom. The molecule has 2 amide bonds. The number of carbonyl (C=O) groups is 1. The van der Waals surface area contributed by atoms with Gasteiger partial charge in [0, 0.05) is 48.4 Å². The maximum atomic E-state index is 14.7. The molecule has 1 aliphatic heterocycles. The standard InChI is InChI=1S/C24H27F3N6O/c1-13-5-6-33(12-13)24(34)31-16-4-2-3-15(8-16)30-23-20(27)9-19(26)21(32-23)18-11-29-22-17(18)7-14(25)10-28-22/h7,9-11,13,15-16H,2-6,8,12H2,1H3,(H,28,29)(H,30,32)(H,31,34)/t13?,15-,16+/m0/s1. The Kier molecular flexibility index (Phi) is 6.05. The van der Waals surface area contributed by atoms with Crippen molar-refractivity contribution in [1.82, 2.24) is 25.2 Å². The highest BCUT2D eigenvalue weighted by molar-refractivity contribution is 5.92. The van der Waals surface area contributed by atoms with Crippen molar-refractivity contribution in [3.63, 3.8) is 0 Å². The third-order valence-corrected chi connectivity index (χ3v) is 6.74. The first kappa shape index (κ1) is 22.5. The molecule has 2 fully saturated rings. The average molecular weight is 473 g/mol. The van der Waals surface area contributed by atoms with Gasteiger partial charge in [0.15, 0.2) is 17.5 Å². The maximum Gasteiger partial charge on any atom is 0.317 e. The summed E-state index contributed by atoms with van der Waals surface area (Å²) in [5, 5.41) is 6.57. The number of likely N-dealkylation sites (tertiary alicyclic amines) is 1. The van der Waals surface area contributed by atoms with Gasteiger partial charge in [-0.2, -0.15) is 0 Å². The highest BCUT2D eigenvalue weighted by Crippen LogP contribution is 2.32. The van der Waals surface area contributed by atoms with Crippen molar-refractivity contribution in [2.45, 2.75) is 51.1 Å². The van der Waals surface area contributed by atoms with Crippen LogP contribution in [0.1, 0.15) is 39.0 Å². The van der Waals surface area contributed by atoms with Crippen LogP contribution in [-0.4, -0.2) is 51.1 Å². The number of fused-ring (bicyclic) bond motifs is 1. The molecule has 0 aromatic carbocycles. The third kappa shape index (κ3) is 4.53. The number of hydrogen-bond donors (Lipinski definition) is 3. The summed E-state index contributed by atoms with van der Waals surface area (Å²) in [6, 6.07) is 1.82. The van der Waals surface area contributed by atoms with E-state index in [-0.39, 0.29) is 29.6 Å². The van der Waals surface area contributed by atoms with E-state index < -0.39 is 17.5 Å². The molecule has 5 rings (SSSR count). The fourth-order valence-electron chi connectivity index (χ4n) is 4.96. The largest absolute Gasteiger partial charge is 0.365 e. The molecule has 3 aromatic heterocycles. The van der Waals surface area contributed by atoms with Crippen LogP contribution in [0.25, 0.3) is 22.3 Å². The number of aromatic nitrogens is 3. The summed E-state index contributed by atoms with van der Waals surface area (Å²) in [5.74, 6) is -1.77. The quantitative estimate of drug-likeness (QED) is 0.508. The van der Waals surface area contributed by atoms with Gasteiger partial charge in [0.1, 0.15) is 17.2 Å². The Morgan fingerprint density at radius 2 is 1.97 bits per heavy atom. The first-order valence-electron chi connectivity index (χ1n) is 11.7. The zero-order valence-electron chi connectivity index (χ0n) is 18.9. The van der Waals surface area contributed by atoms with E-state index in [2.05, 4.69) is 32.5 Å². The topological polar surface area (TPSA) is 85.9 Å². The zero-order valence-corrected chi connectivity index (χ0v) is 18.9. The van der Waals surface area contributed by atoms with Crippen molar-refractivity contribution in [2.75, 3.05) is 18.4 Å². The lowest BCUT2D eigenvalue weighted by atomic mass is 9.91. The third-order valence-electron chi connectivity index (χ3n) is 6.74. The molecule has 3 N–H and O–H groups in total. The first-order valence-corrected chi connectivity index (χ1v) is 11.7. The van der Waals surface area contributed by atoms with Gasteiger partial charge in [-0.25, -0.2) is 27.9 Å². The molecule has 34 heavy (non-hydrogen) atoms. The van der Waals surface area contributed by atoms with Crippen LogP contribution in [0.3, 0.4) is 0 Å². The van der Waals surface area contributed by atoms with Gasteiger partial charge in [-0.05, 0) is 44.1 Å². The molecule has 0 radical (unpaired) electrons. The van der Waals surface area contributed by atoms with Gasteiger partial charge in [0.2, 0.25) is 0 Å².